The van der Waals surface area contributed by atoms with Crippen LogP contribution in [0.15, 0.2) is 43.0 Å². The first-order chi connectivity index (χ1) is 12.7. The first-order valence-corrected chi connectivity index (χ1v) is 8.64. The lowest BCUT2D eigenvalue weighted by Gasteiger charge is -2.33. The molecular weight excluding hydrogens is 332 g/mol. The molecule has 1 aliphatic heterocycles. The Balaban J connectivity index is 1.52. The van der Waals surface area contributed by atoms with Gasteiger partial charge in [-0.05, 0) is 28.8 Å². The Morgan fingerprint density at radius 3 is 2.50 bits per heavy atom. The lowest BCUT2D eigenvalue weighted by Crippen LogP contribution is -2.42. The Kier molecular flexibility index (Phi) is 4.42. The van der Waals surface area contributed by atoms with Gasteiger partial charge in [0, 0.05) is 26.1 Å². The van der Waals surface area contributed by atoms with Crippen LogP contribution in [0.3, 0.4) is 0 Å². The molecule has 4 rings (SSSR count). The van der Waals surface area contributed by atoms with E-state index in [1.54, 1.807) is 6.33 Å². The van der Waals surface area contributed by atoms with Crippen molar-refractivity contribution in [3.8, 4) is 0 Å². The largest absolute Gasteiger partial charge is 0.340 e. The average molecular weight is 352 g/mol. The SMILES string of the molecule is Cn1cnnc1C1CCN(C(=O)[C@H](c2ccccc2)n2cnnn2)CC1. The highest BCUT2D eigenvalue weighted by Crippen LogP contribution is 2.28. The van der Waals surface area contributed by atoms with E-state index < -0.39 is 6.04 Å². The van der Waals surface area contributed by atoms with E-state index in [2.05, 4.69) is 25.7 Å². The summed E-state index contributed by atoms with van der Waals surface area (Å²) in [7, 11) is 1.95. The van der Waals surface area contributed by atoms with Crippen LogP contribution in [0.4, 0.5) is 0 Å². The standard InChI is InChI=1S/C17H20N8O/c1-23-11-18-20-16(23)14-7-9-24(10-8-14)17(26)15(25-12-19-21-22-25)13-5-3-2-4-6-13/h2-6,11-12,14-15H,7-10H2,1H3/t15-/m0/s1. The summed E-state index contributed by atoms with van der Waals surface area (Å²) in [6, 6.07) is 9.07. The third-order valence-electron chi connectivity index (χ3n) is 4.90. The lowest BCUT2D eigenvalue weighted by molar-refractivity contribution is -0.135. The normalized spacial score (nSPS) is 16.6. The molecule has 1 saturated heterocycles. The minimum Gasteiger partial charge on any atom is -0.340 e. The van der Waals surface area contributed by atoms with Crippen molar-refractivity contribution in [2.24, 2.45) is 7.05 Å². The zero-order valence-electron chi connectivity index (χ0n) is 14.5. The van der Waals surface area contributed by atoms with Crippen molar-refractivity contribution in [3.05, 3.63) is 54.4 Å². The summed E-state index contributed by atoms with van der Waals surface area (Å²) in [5.41, 5.74) is 0.875. The molecule has 0 unspecified atom stereocenters. The number of benzene rings is 1. The fourth-order valence-electron chi connectivity index (χ4n) is 3.52. The highest BCUT2D eigenvalue weighted by molar-refractivity contribution is 5.83. The van der Waals surface area contributed by atoms with E-state index in [1.165, 1.54) is 11.0 Å². The van der Waals surface area contributed by atoms with Gasteiger partial charge < -0.3 is 9.47 Å². The van der Waals surface area contributed by atoms with Crippen LogP contribution < -0.4 is 0 Å². The fourth-order valence-corrected chi connectivity index (χ4v) is 3.52. The van der Waals surface area contributed by atoms with Crippen LogP contribution in [0.25, 0.3) is 0 Å². The molecule has 1 aromatic carbocycles. The Hall–Kier alpha value is -3.10. The monoisotopic (exact) mass is 352 g/mol. The summed E-state index contributed by atoms with van der Waals surface area (Å²) in [6.45, 7) is 1.36. The van der Waals surface area contributed by atoms with Crippen LogP contribution in [-0.2, 0) is 11.8 Å². The van der Waals surface area contributed by atoms with Gasteiger partial charge in [0.25, 0.3) is 5.91 Å². The number of tetrazole rings is 1. The summed E-state index contributed by atoms with van der Waals surface area (Å²) in [5, 5.41) is 19.5. The molecule has 9 nitrogen and oxygen atoms in total. The van der Waals surface area contributed by atoms with Crippen LogP contribution in [0, 0.1) is 0 Å². The first kappa shape index (κ1) is 16.4. The smallest absolute Gasteiger partial charge is 0.252 e. The van der Waals surface area contributed by atoms with Crippen LogP contribution in [0.1, 0.15) is 36.2 Å². The molecule has 1 aliphatic rings. The predicted molar refractivity (Wildman–Crippen MR) is 92.0 cm³/mol. The Bertz CT molecular complexity index is 852. The van der Waals surface area contributed by atoms with Crippen LogP contribution in [0.5, 0.6) is 0 Å². The predicted octanol–water partition coefficient (Wildman–Crippen LogP) is 0.797. The Labute approximate surface area is 150 Å². The third kappa shape index (κ3) is 3.07. The molecule has 1 fully saturated rings. The van der Waals surface area contributed by atoms with Crippen molar-refractivity contribution in [1.29, 1.82) is 0 Å². The number of aromatic nitrogens is 7. The molecule has 0 radical (unpaired) electrons. The molecule has 0 saturated carbocycles. The number of aryl methyl sites for hydroxylation is 1. The summed E-state index contributed by atoms with van der Waals surface area (Å²) >= 11 is 0. The number of likely N-dealkylation sites (tertiary alicyclic amines) is 1. The van der Waals surface area contributed by atoms with Gasteiger partial charge in [0.1, 0.15) is 18.5 Å². The molecule has 0 bridgehead atoms. The van der Waals surface area contributed by atoms with Crippen molar-refractivity contribution in [3.63, 3.8) is 0 Å². The zero-order valence-corrected chi connectivity index (χ0v) is 14.5. The van der Waals surface area contributed by atoms with E-state index in [0.29, 0.717) is 19.0 Å². The van der Waals surface area contributed by atoms with Crippen molar-refractivity contribution in [2.75, 3.05) is 13.1 Å². The number of hydrogen-bond donors (Lipinski definition) is 0. The molecule has 134 valence electrons. The zero-order chi connectivity index (χ0) is 17.9. The molecule has 0 N–H and O–H groups in total. The molecular formula is C17H20N8O. The molecule has 0 aliphatic carbocycles. The minimum absolute atomic E-state index is 0.0138. The molecule has 3 aromatic rings. The number of piperidine rings is 1. The molecule has 1 amide bonds. The van der Waals surface area contributed by atoms with E-state index >= 15 is 0 Å². The Morgan fingerprint density at radius 2 is 1.88 bits per heavy atom. The average Bonchev–Trinajstić information content (AvgIpc) is 3.35. The van der Waals surface area contributed by atoms with Crippen LogP contribution in [-0.4, -0.2) is 58.9 Å². The maximum absolute atomic E-state index is 13.2. The van der Waals surface area contributed by atoms with Crippen molar-refractivity contribution < 1.29 is 4.79 Å². The number of nitrogens with zero attached hydrogens (tertiary/aromatic N) is 8. The van der Waals surface area contributed by atoms with E-state index in [-0.39, 0.29) is 5.91 Å². The van der Waals surface area contributed by atoms with Gasteiger partial charge in [-0.1, -0.05) is 30.3 Å². The Morgan fingerprint density at radius 1 is 1.12 bits per heavy atom. The van der Waals surface area contributed by atoms with E-state index in [4.69, 9.17) is 0 Å². The number of carbonyl (C=O) groups excluding carboxylic acids is 1. The third-order valence-corrected chi connectivity index (χ3v) is 4.90. The number of rotatable bonds is 4. The molecule has 3 heterocycles. The second-order valence-corrected chi connectivity index (χ2v) is 6.50. The van der Waals surface area contributed by atoms with Crippen LogP contribution in [0.2, 0.25) is 0 Å². The highest BCUT2D eigenvalue weighted by atomic mass is 16.2. The second-order valence-electron chi connectivity index (χ2n) is 6.50. The van der Waals surface area contributed by atoms with Gasteiger partial charge in [-0.2, -0.15) is 0 Å². The molecule has 2 aromatic heterocycles. The minimum atomic E-state index is -0.544. The maximum Gasteiger partial charge on any atom is 0.252 e. The van der Waals surface area contributed by atoms with Crippen molar-refractivity contribution >= 4 is 5.91 Å². The summed E-state index contributed by atoms with van der Waals surface area (Å²) < 4.78 is 3.47. The van der Waals surface area contributed by atoms with Gasteiger partial charge >= 0.3 is 0 Å². The maximum atomic E-state index is 13.2. The fraction of sp³-hybridized carbons (Fsp3) is 0.412. The molecule has 0 spiro atoms. The van der Waals surface area contributed by atoms with Gasteiger partial charge in [0.2, 0.25) is 0 Å². The van der Waals surface area contributed by atoms with Crippen molar-refractivity contribution in [2.45, 2.75) is 24.8 Å². The lowest BCUT2D eigenvalue weighted by atomic mass is 9.95. The molecule has 1 atom stereocenters. The van der Waals surface area contributed by atoms with Gasteiger partial charge in [-0.15, -0.1) is 15.3 Å². The summed E-state index contributed by atoms with van der Waals surface area (Å²) in [4.78, 5) is 15.1. The van der Waals surface area contributed by atoms with Gasteiger partial charge in [-0.25, -0.2) is 4.68 Å². The summed E-state index contributed by atoms with van der Waals surface area (Å²) in [5.74, 6) is 1.33. The topological polar surface area (TPSA) is 94.6 Å². The quantitative estimate of drug-likeness (QED) is 0.689. The van der Waals surface area contributed by atoms with Gasteiger partial charge in [-0.3, -0.25) is 4.79 Å². The van der Waals surface area contributed by atoms with Crippen molar-refractivity contribution in [1.82, 2.24) is 39.9 Å². The first-order valence-electron chi connectivity index (χ1n) is 8.64. The van der Waals surface area contributed by atoms with Gasteiger partial charge in [0.05, 0.1) is 0 Å². The van der Waals surface area contributed by atoms with Crippen LogP contribution >= 0.6 is 0 Å². The molecule has 9 heteroatoms. The van der Waals surface area contributed by atoms with E-state index in [0.717, 1.165) is 24.2 Å². The molecule has 26 heavy (non-hydrogen) atoms. The number of hydrogen-bond acceptors (Lipinski definition) is 6. The van der Waals surface area contributed by atoms with E-state index in [1.807, 2.05) is 46.8 Å². The van der Waals surface area contributed by atoms with Gasteiger partial charge in [0.15, 0.2) is 6.04 Å². The number of amides is 1. The summed E-state index contributed by atoms with van der Waals surface area (Å²) in [6.07, 6.45) is 4.95. The second kappa shape index (κ2) is 7.03. The highest BCUT2D eigenvalue weighted by Gasteiger charge is 2.32. The van der Waals surface area contributed by atoms with E-state index in [9.17, 15) is 4.79 Å². The number of carbonyl (C=O) groups is 1.